The van der Waals surface area contributed by atoms with Crippen LogP contribution < -0.4 is 0 Å². The van der Waals surface area contributed by atoms with E-state index in [0.29, 0.717) is 0 Å². The molecule has 0 heterocycles. The van der Waals surface area contributed by atoms with Crippen molar-refractivity contribution in [1.29, 1.82) is 0 Å². The molecule has 2 aliphatic rings. The molecule has 1 unspecified atom stereocenters. The highest BCUT2D eigenvalue weighted by Gasteiger charge is 2.26. The molecule has 0 N–H and O–H groups in total. The van der Waals surface area contributed by atoms with Gasteiger partial charge in [-0.05, 0) is 55.1 Å². The van der Waals surface area contributed by atoms with E-state index in [4.69, 9.17) is 0 Å². The molecule has 0 saturated heterocycles. The summed E-state index contributed by atoms with van der Waals surface area (Å²) in [5.41, 5.74) is 4.13. The van der Waals surface area contributed by atoms with Gasteiger partial charge < -0.3 is 0 Å². The first-order chi connectivity index (χ1) is 12.3. The number of aryl methyl sites for hydroxylation is 1. The Morgan fingerprint density at radius 3 is 2.32 bits per heavy atom. The summed E-state index contributed by atoms with van der Waals surface area (Å²) in [6, 6.07) is 8.96. The van der Waals surface area contributed by atoms with Crippen molar-refractivity contribution in [2.75, 3.05) is 0 Å². The van der Waals surface area contributed by atoms with Crippen molar-refractivity contribution >= 4 is 5.57 Å². The second kappa shape index (κ2) is 9.41. The molecule has 0 bridgehead atoms. The van der Waals surface area contributed by atoms with E-state index >= 15 is 0 Å². The topological polar surface area (TPSA) is 0 Å². The zero-order valence-corrected chi connectivity index (χ0v) is 16.3. The Balaban J connectivity index is 1.43. The van der Waals surface area contributed by atoms with Crippen molar-refractivity contribution < 1.29 is 0 Å². The Hall–Kier alpha value is -1.30. The molecule has 0 aromatic heterocycles. The molecule has 1 aromatic carbocycles. The van der Waals surface area contributed by atoms with Gasteiger partial charge in [-0.2, -0.15) is 0 Å². The van der Waals surface area contributed by atoms with Crippen molar-refractivity contribution in [3.63, 3.8) is 0 Å². The van der Waals surface area contributed by atoms with E-state index in [1.54, 1.807) is 0 Å². The molecule has 136 valence electrons. The Kier molecular flexibility index (Phi) is 6.96. The zero-order chi connectivity index (χ0) is 17.5. The normalized spacial score (nSPS) is 26.5. The van der Waals surface area contributed by atoms with Gasteiger partial charge in [0.2, 0.25) is 0 Å². The third-order valence-electron chi connectivity index (χ3n) is 6.48. The molecule has 0 nitrogen and oxygen atoms in total. The van der Waals surface area contributed by atoms with Gasteiger partial charge >= 0.3 is 0 Å². The molecule has 0 spiro atoms. The number of hydrogen-bond acceptors (Lipinski definition) is 0. The summed E-state index contributed by atoms with van der Waals surface area (Å²) >= 11 is 0. The fourth-order valence-corrected chi connectivity index (χ4v) is 4.71. The summed E-state index contributed by atoms with van der Waals surface area (Å²) in [7, 11) is 0. The summed E-state index contributed by atoms with van der Waals surface area (Å²) in [5, 5.41) is 0. The largest absolute Gasteiger partial charge is 0.0802 e. The molecule has 0 amide bonds. The van der Waals surface area contributed by atoms with Crippen LogP contribution in [0.3, 0.4) is 0 Å². The Labute approximate surface area is 155 Å². The van der Waals surface area contributed by atoms with Crippen molar-refractivity contribution in [2.24, 2.45) is 17.8 Å². The quantitative estimate of drug-likeness (QED) is 0.447. The van der Waals surface area contributed by atoms with Gasteiger partial charge in [0.1, 0.15) is 0 Å². The van der Waals surface area contributed by atoms with Crippen molar-refractivity contribution in [2.45, 2.75) is 78.1 Å². The molecule has 1 aromatic rings. The van der Waals surface area contributed by atoms with Gasteiger partial charge in [-0.25, -0.2) is 0 Å². The summed E-state index contributed by atoms with van der Waals surface area (Å²) in [6.45, 7) is 4.46. The smallest absolute Gasteiger partial charge is 0.0167 e. The Bertz CT molecular complexity index is 567. The van der Waals surface area contributed by atoms with E-state index in [9.17, 15) is 0 Å². The van der Waals surface area contributed by atoms with Gasteiger partial charge in [-0.3, -0.25) is 0 Å². The van der Waals surface area contributed by atoms with Crippen LogP contribution in [-0.2, 0) is 0 Å². The Morgan fingerprint density at radius 2 is 1.68 bits per heavy atom. The molecule has 0 aliphatic heterocycles. The molecule has 1 atom stereocenters. The van der Waals surface area contributed by atoms with E-state index in [1.807, 2.05) is 0 Å². The van der Waals surface area contributed by atoms with Crippen LogP contribution in [0.4, 0.5) is 0 Å². The maximum Gasteiger partial charge on any atom is -0.0167 e. The second-order valence-corrected chi connectivity index (χ2v) is 8.41. The van der Waals surface area contributed by atoms with E-state index in [2.05, 4.69) is 56.3 Å². The van der Waals surface area contributed by atoms with Crippen LogP contribution >= 0.6 is 0 Å². The van der Waals surface area contributed by atoms with E-state index in [-0.39, 0.29) is 0 Å². The molecule has 1 fully saturated rings. The number of unbranched alkanes of at least 4 members (excludes halogenated alkanes) is 3. The van der Waals surface area contributed by atoms with Gasteiger partial charge in [0.05, 0.1) is 0 Å². The summed E-state index contributed by atoms with van der Waals surface area (Å²) < 4.78 is 0. The van der Waals surface area contributed by atoms with Crippen molar-refractivity contribution in [1.82, 2.24) is 0 Å². The lowest BCUT2D eigenvalue weighted by molar-refractivity contribution is 0.218. The van der Waals surface area contributed by atoms with E-state index in [0.717, 1.165) is 17.8 Å². The molecule has 25 heavy (non-hydrogen) atoms. The standard InChI is InChI=1S/C25H36/c1-3-4-5-6-7-21-10-14-23(15-11-21)25-18-16-24(17-19-25)22-12-8-20(2)9-13-22/h8-9,12-13,16-18,21,23,25H,3-7,10-11,14-15,19H2,1-2H3/t21-,23-,25?. The van der Waals surface area contributed by atoms with Crippen molar-refractivity contribution in [3.05, 3.63) is 53.6 Å². The van der Waals surface area contributed by atoms with Gasteiger partial charge in [0.25, 0.3) is 0 Å². The van der Waals surface area contributed by atoms with Gasteiger partial charge in [0.15, 0.2) is 0 Å². The highest BCUT2D eigenvalue weighted by Crippen LogP contribution is 2.39. The highest BCUT2D eigenvalue weighted by molar-refractivity contribution is 5.75. The predicted octanol–water partition coefficient (Wildman–Crippen LogP) is 7.73. The Morgan fingerprint density at radius 1 is 0.920 bits per heavy atom. The third-order valence-corrected chi connectivity index (χ3v) is 6.48. The third kappa shape index (κ3) is 5.33. The highest BCUT2D eigenvalue weighted by atomic mass is 14.3. The second-order valence-electron chi connectivity index (χ2n) is 8.41. The minimum Gasteiger partial charge on any atom is -0.0802 e. The summed E-state index contributed by atoms with van der Waals surface area (Å²) in [4.78, 5) is 0. The lowest BCUT2D eigenvalue weighted by atomic mass is 9.72. The van der Waals surface area contributed by atoms with Crippen LogP contribution in [0, 0.1) is 24.7 Å². The number of allylic oxidation sites excluding steroid dienone is 4. The summed E-state index contributed by atoms with van der Waals surface area (Å²) in [6.07, 6.45) is 21.7. The molecule has 3 rings (SSSR count). The fraction of sp³-hybridized carbons (Fsp3) is 0.600. The first-order valence-electron chi connectivity index (χ1n) is 10.7. The van der Waals surface area contributed by atoms with Crippen molar-refractivity contribution in [3.8, 4) is 0 Å². The minimum absolute atomic E-state index is 0.787. The number of benzene rings is 1. The van der Waals surface area contributed by atoms with Crippen LogP contribution in [0.1, 0.15) is 82.3 Å². The van der Waals surface area contributed by atoms with Crippen LogP contribution in [-0.4, -0.2) is 0 Å². The maximum atomic E-state index is 2.52. The molecular weight excluding hydrogens is 300 g/mol. The van der Waals surface area contributed by atoms with Crippen LogP contribution in [0.2, 0.25) is 0 Å². The minimum atomic E-state index is 0.787. The lowest BCUT2D eigenvalue weighted by Gasteiger charge is -2.33. The molecule has 0 radical (unpaired) electrons. The predicted molar refractivity (Wildman–Crippen MR) is 111 cm³/mol. The first kappa shape index (κ1) is 18.5. The average molecular weight is 337 g/mol. The zero-order valence-electron chi connectivity index (χ0n) is 16.3. The number of hydrogen-bond donors (Lipinski definition) is 0. The molecular formula is C25H36. The monoisotopic (exact) mass is 336 g/mol. The average Bonchev–Trinajstić information content (AvgIpc) is 2.67. The van der Waals surface area contributed by atoms with Crippen LogP contribution in [0.15, 0.2) is 42.5 Å². The van der Waals surface area contributed by atoms with Gasteiger partial charge in [-0.1, -0.05) is 99.9 Å². The first-order valence-corrected chi connectivity index (χ1v) is 10.7. The summed E-state index contributed by atoms with van der Waals surface area (Å²) in [5.74, 6) is 2.74. The van der Waals surface area contributed by atoms with Crippen LogP contribution in [0.25, 0.3) is 5.57 Å². The molecule has 0 heteroatoms. The maximum absolute atomic E-state index is 2.52. The fourth-order valence-electron chi connectivity index (χ4n) is 4.71. The molecule has 2 aliphatic carbocycles. The SMILES string of the molecule is CCCCCC[C@H]1CC[C@H](C2C=CC(c3ccc(C)cc3)=CC2)CC1. The molecule has 1 saturated carbocycles. The van der Waals surface area contributed by atoms with E-state index in [1.165, 1.54) is 80.9 Å². The van der Waals surface area contributed by atoms with Gasteiger partial charge in [-0.15, -0.1) is 0 Å². The number of rotatable bonds is 7. The van der Waals surface area contributed by atoms with Gasteiger partial charge in [0, 0.05) is 0 Å². The van der Waals surface area contributed by atoms with Crippen LogP contribution in [0.5, 0.6) is 0 Å². The van der Waals surface area contributed by atoms with E-state index < -0.39 is 0 Å². The lowest BCUT2D eigenvalue weighted by Crippen LogP contribution is -2.21.